The summed E-state index contributed by atoms with van der Waals surface area (Å²) in [4.78, 5) is 27.5. The highest BCUT2D eigenvalue weighted by Crippen LogP contribution is 2.33. The molecule has 0 aliphatic carbocycles. The minimum Gasteiger partial charge on any atom is -0.444 e. The minimum atomic E-state index is -4.45. The molecule has 1 saturated heterocycles. The predicted octanol–water partition coefficient (Wildman–Crippen LogP) is 6.03. The summed E-state index contributed by atoms with van der Waals surface area (Å²) < 4.78 is 45.0. The maximum atomic E-state index is 13.2. The van der Waals surface area contributed by atoms with Crippen molar-refractivity contribution < 1.29 is 22.7 Å². The van der Waals surface area contributed by atoms with Gasteiger partial charge in [0.15, 0.2) is 0 Å². The first kappa shape index (κ1) is 24.4. The number of nitrogens with zero attached hydrogens (tertiary/aromatic N) is 4. The van der Waals surface area contributed by atoms with Gasteiger partial charge in [0, 0.05) is 48.7 Å². The Morgan fingerprint density at radius 3 is 2.51 bits per heavy atom. The van der Waals surface area contributed by atoms with Crippen LogP contribution >= 0.6 is 0 Å². The third kappa shape index (κ3) is 6.26. The summed E-state index contributed by atoms with van der Waals surface area (Å²) in [7, 11) is 0. The Bertz CT molecular complexity index is 1200. The molecule has 0 saturated carbocycles. The van der Waals surface area contributed by atoms with Crippen LogP contribution in [0.25, 0.3) is 11.3 Å². The molecule has 3 heterocycles. The molecule has 184 valence electrons. The van der Waals surface area contributed by atoms with Gasteiger partial charge in [-0.2, -0.15) is 13.2 Å². The molecule has 1 aliphatic rings. The number of anilines is 2. The van der Waals surface area contributed by atoms with Gasteiger partial charge in [-0.1, -0.05) is 6.07 Å². The standard InChI is InChI=1S/C25H26F3N5O2/c1-24(2,3)35-23(34)33-12-9-17(15-33)22-31-20(16-7-10-29-11-8-16)14-21(32-22)30-19-6-4-5-18(13-19)25(26,27)28/h4-8,10-11,13-14,17H,9,12,15H2,1-3H3,(H,30,31,32)/t17-/m1/s1. The van der Waals surface area contributed by atoms with Crippen molar-refractivity contribution in [3.63, 3.8) is 0 Å². The maximum absolute atomic E-state index is 13.2. The molecule has 0 bridgehead atoms. The molecule has 0 radical (unpaired) electrons. The van der Waals surface area contributed by atoms with Gasteiger partial charge in [-0.05, 0) is 57.5 Å². The Labute approximate surface area is 201 Å². The molecule has 1 amide bonds. The number of carbonyl (C=O) groups excluding carboxylic acids is 1. The number of halogens is 3. The van der Waals surface area contributed by atoms with E-state index in [0.717, 1.165) is 17.7 Å². The van der Waals surface area contributed by atoms with Crippen molar-refractivity contribution in [2.75, 3.05) is 18.4 Å². The van der Waals surface area contributed by atoms with Gasteiger partial charge in [0.05, 0.1) is 11.3 Å². The number of benzene rings is 1. The number of alkyl halides is 3. The summed E-state index contributed by atoms with van der Waals surface area (Å²) in [5, 5.41) is 2.98. The van der Waals surface area contributed by atoms with Gasteiger partial charge in [0.1, 0.15) is 17.2 Å². The summed E-state index contributed by atoms with van der Waals surface area (Å²) in [6.07, 6.45) is -0.936. The maximum Gasteiger partial charge on any atom is 0.416 e. The van der Waals surface area contributed by atoms with E-state index < -0.39 is 23.4 Å². The van der Waals surface area contributed by atoms with E-state index in [-0.39, 0.29) is 11.6 Å². The van der Waals surface area contributed by atoms with Gasteiger partial charge in [0.2, 0.25) is 0 Å². The van der Waals surface area contributed by atoms with E-state index >= 15 is 0 Å². The smallest absolute Gasteiger partial charge is 0.416 e. The molecule has 2 aromatic heterocycles. The normalized spacial score (nSPS) is 16.3. The average Bonchev–Trinajstić information content (AvgIpc) is 3.29. The molecule has 1 aromatic carbocycles. The van der Waals surface area contributed by atoms with Crippen LogP contribution in [0.4, 0.5) is 29.5 Å². The van der Waals surface area contributed by atoms with E-state index in [0.29, 0.717) is 36.8 Å². The number of pyridine rings is 1. The summed E-state index contributed by atoms with van der Waals surface area (Å²) in [5.74, 6) is 0.711. The Balaban J connectivity index is 1.63. The van der Waals surface area contributed by atoms with Gasteiger partial charge in [-0.3, -0.25) is 4.98 Å². The topological polar surface area (TPSA) is 80.2 Å². The number of rotatable bonds is 4. The lowest BCUT2D eigenvalue weighted by molar-refractivity contribution is -0.137. The Hall–Kier alpha value is -3.69. The predicted molar refractivity (Wildman–Crippen MR) is 125 cm³/mol. The first-order valence-electron chi connectivity index (χ1n) is 11.2. The second kappa shape index (κ2) is 9.52. The molecule has 1 fully saturated rings. The highest BCUT2D eigenvalue weighted by Gasteiger charge is 2.33. The van der Waals surface area contributed by atoms with Gasteiger partial charge < -0.3 is 15.0 Å². The first-order chi connectivity index (χ1) is 16.5. The third-order valence-corrected chi connectivity index (χ3v) is 5.39. The van der Waals surface area contributed by atoms with Crippen molar-refractivity contribution in [1.29, 1.82) is 0 Å². The number of nitrogens with one attached hydrogen (secondary N) is 1. The lowest BCUT2D eigenvalue weighted by Gasteiger charge is -2.24. The Morgan fingerprint density at radius 1 is 1.09 bits per heavy atom. The van der Waals surface area contributed by atoms with Crippen LogP contribution in [0.15, 0.2) is 54.9 Å². The van der Waals surface area contributed by atoms with Gasteiger partial charge in [-0.15, -0.1) is 0 Å². The zero-order chi connectivity index (χ0) is 25.2. The monoisotopic (exact) mass is 485 g/mol. The quantitative estimate of drug-likeness (QED) is 0.486. The van der Waals surface area contributed by atoms with Crippen molar-refractivity contribution in [3.05, 3.63) is 66.2 Å². The fourth-order valence-corrected chi connectivity index (χ4v) is 3.77. The molecule has 1 aliphatic heterocycles. The van der Waals surface area contributed by atoms with Crippen LogP contribution < -0.4 is 5.32 Å². The van der Waals surface area contributed by atoms with Crippen LogP contribution in [-0.4, -0.2) is 44.6 Å². The van der Waals surface area contributed by atoms with Crippen molar-refractivity contribution >= 4 is 17.6 Å². The van der Waals surface area contributed by atoms with Gasteiger partial charge in [-0.25, -0.2) is 14.8 Å². The highest BCUT2D eigenvalue weighted by atomic mass is 19.4. The number of ether oxygens (including phenoxy) is 1. The van der Waals surface area contributed by atoms with E-state index in [1.165, 1.54) is 6.07 Å². The van der Waals surface area contributed by atoms with Crippen molar-refractivity contribution in [2.45, 2.75) is 44.9 Å². The number of hydrogen-bond acceptors (Lipinski definition) is 6. The van der Waals surface area contributed by atoms with Gasteiger partial charge >= 0.3 is 12.3 Å². The molecule has 0 spiro atoms. The summed E-state index contributed by atoms with van der Waals surface area (Å²) >= 11 is 0. The van der Waals surface area contributed by atoms with E-state index in [4.69, 9.17) is 9.72 Å². The van der Waals surface area contributed by atoms with Crippen LogP contribution in [0, 0.1) is 0 Å². The third-order valence-electron chi connectivity index (χ3n) is 5.39. The van der Waals surface area contributed by atoms with Crippen LogP contribution in [-0.2, 0) is 10.9 Å². The molecule has 4 rings (SSSR count). The number of likely N-dealkylation sites (tertiary alicyclic amines) is 1. The molecule has 1 atom stereocenters. The SMILES string of the molecule is CC(C)(C)OC(=O)N1CC[C@@H](c2nc(Nc3cccc(C(F)(F)F)c3)cc(-c3ccncc3)n2)C1. The van der Waals surface area contributed by atoms with Crippen molar-refractivity contribution in [3.8, 4) is 11.3 Å². The zero-order valence-corrected chi connectivity index (χ0v) is 19.6. The second-order valence-corrected chi connectivity index (χ2v) is 9.35. The summed E-state index contributed by atoms with van der Waals surface area (Å²) in [5.41, 5.74) is 0.289. The fourth-order valence-electron chi connectivity index (χ4n) is 3.77. The number of carbonyl (C=O) groups is 1. The Morgan fingerprint density at radius 2 is 1.83 bits per heavy atom. The van der Waals surface area contributed by atoms with Crippen LogP contribution in [0.5, 0.6) is 0 Å². The molecule has 3 aromatic rings. The molecular weight excluding hydrogens is 459 g/mol. The molecule has 1 N–H and O–H groups in total. The lowest BCUT2D eigenvalue weighted by Crippen LogP contribution is -2.35. The van der Waals surface area contributed by atoms with E-state index in [2.05, 4.69) is 15.3 Å². The molecule has 35 heavy (non-hydrogen) atoms. The number of aromatic nitrogens is 3. The van der Waals surface area contributed by atoms with Crippen LogP contribution in [0.2, 0.25) is 0 Å². The van der Waals surface area contributed by atoms with Crippen LogP contribution in [0.1, 0.15) is 44.5 Å². The summed E-state index contributed by atoms with van der Waals surface area (Å²) in [6, 6.07) is 10.2. The van der Waals surface area contributed by atoms with E-state index in [1.807, 2.05) is 20.8 Å². The van der Waals surface area contributed by atoms with E-state index in [9.17, 15) is 18.0 Å². The molecule has 10 heteroatoms. The molecule has 7 nitrogen and oxygen atoms in total. The van der Waals surface area contributed by atoms with Crippen LogP contribution in [0.3, 0.4) is 0 Å². The van der Waals surface area contributed by atoms with E-state index in [1.54, 1.807) is 41.6 Å². The first-order valence-corrected chi connectivity index (χ1v) is 11.2. The average molecular weight is 486 g/mol. The summed E-state index contributed by atoms with van der Waals surface area (Å²) in [6.45, 7) is 6.32. The zero-order valence-electron chi connectivity index (χ0n) is 19.6. The largest absolute Gasteiger partial charge is 0.444 e. The molecular formula is C25H26F3N5O2. The minimum absolute atomic E-state index is 0.147. The lowest BCUT2D eigenvalue weighted by atomic mass is 10.1. The van der Waals surface area contributed by atoms with Gasteiger partial charge in [0.25, 0.3) is 0 Å². The highest BCUT2D eigenvalue weighted by molar-refractivity contribution is 5.69. The van der Waals surface area contributed by atoms with Crippen molar-refractivity contribution in [2.24, 2.45) is 0 Å². The second-order valence-electron chi connectivity index (χ2n) is 9.35. The number of amides is 1. The Kier molecular flexibility index (Phi) is 6.64. The molecule has 0 unspecified atom stereocenters. The fraction of sp³-hybridized carbons (Fsp3) is 0.360. The van der Waals surface area contributed by atoms with Crippen molar-refractivity contribution in [1.82, 2.24) is 19.9 Å². The number of hydrogen-bond donors (Lipinski definition) is 1.